The first kappa shape index (κ1) is 27.8. The molecule has 1 saturated carbocycles. The summed E-state index contributed by atoms with van der Waals surface area (Å²) < 4.78 is 14.4. The van der Waals surface area contributed by atoms with Crippen LogP contribution >= 0.6 is 0 Å². The van der Waals surface area contributed by atoms with Gasteiger partial charge in [0.15, 0.2) is 5.78 Å². The number of imide groups is 1. The Labute approximate surface area is 215 Å². The van der Waals surface area contributed by atoms with Crippen LogP contribution in [0.1, 0.15) is 99.5 Å². The van der Waals surface area contributed by atoms with Crippen molar-refractivity contribution in [1.29, 1.82) is 0 Å². The lowest BCUT2D eigenvalue weighted by Crippen LogP contribution is -3.00. The zero-order valence-electron chi connectivity index (χ0n) is 21.2. The lowest BCUT2D eigenvalue weighted by atomic mass is 9.76. The molecule has 35 heavy (non-hydrogen) atoms. The number of unbranched alkanes of at least 4 members (excludes halogenated alkanes) is 1. The van der Waals surface area contributed by atoms with E-state index in [1.807, 2.05) is 0 Å². The van der Waals surface area contributed by atoms with Crippen molar-refractivity contribution >= 4 is 17.6 Å². The number of carbonyl (C=O) groups excluding carboxylic acids is 3. The number of ketones is 1. The molecule has 1 aliphatic heterocycles. The number of rotatable bonds is 9. The van der Waals surface area contributed by atoms with Crippen molar-refractivity contribution in [3.05, 3.63) is 34.6 Å². The maximum Gasteiger partial charge on any atom is 0.229 e. The van der Waals surface area contributed by atoms with Gasteiger partial charge in [-0.1, -0.05) is 19.8 Å². The molecule has 2 fully saturated rings. The fourth-order valence-corrected chi connectivity index (χ4v) is 6.57. The van der Waals surface area contributed by atoms with Crippen LogP contribution in [0.15, 0.2) is 12.1 Å². The zero-order chi connectivity index (χ0) is 24.3. The summed E-state index contributed by atoms with van der Waals surface area (Å²) in [6.45, 7) is 6.07. The number of likely N-dealkylation sites (tertiary alicyclic amines) is 1. The number of amides is 2. The van der Waals surface area contributed by atoms with Gasteiger partial charge >= 0.3 is 0 Å². The van der Waals surface area contributed by atoms with E-state index in [1.54, 1.807) is 13.0 Å². The average molecular weight is 506 g/mol. The smallest absolute Gasteiger partial charge is 0.229 e. The molecule has 7 heteroatoms. The predicted octanol–water partition coefficient (Wildman–Crippen LogP) is 2.09. The van der Waals surface area contributed by atoms with Gasteiger partial charge in [0.05, 0.1) is 0 Å². The van der Waals surface area contributed by atoms with Crippen LogP contribution in [0.4, 0.5) is 4.39 Å². The van der Waals surface area contributed by atoms with Crippen molar-refractivity contribution in [2.24, 2.45) is 5.41 Å². The molecular weight excluding hydrogens is 467 g/mol. The molecule has 0 aromatic heterocycles. The SMILES string of the molecule is CCCN(CCCCN1C(=O)CC2(CCCC2)CC1=O)[C@@H]1CCc2c(F)ccc(C(C)=O)c2C1.[Cl-]. The summed E-state index contributed by atoms with van der Waals surface area (Å²) >= 11 is 0. The predicted molar refractivity (Wildman–Crippen MR) is 130 cm³/mol. The van der Waals surface area contributed by atoms with Crippen LogP contribution in [0.5, 0.6) is 0 Å². The monoisotopic (exact) mass is 505 g/mol. The molecule has 5 nitrogen and oxygen atoms in total. The molecule has 1 saturated heterocycles. The Kier molecular flexibility index (Phi) is 9.50. The minimum Gasteiger partial charge on any atom is -1.00 e. The molecule has 3 aliphatic rings. The first-order valence-electron chi connectivity index (χ1n) is 13.2. The Morgan fingerprint density at radius 2 is 1.77 bits per heavy atom. The van der Waals surface area contributed by atoms with Crippen LogP contribution in [-0.4, -0.2) is 53.1 Å². The molecule has 2 amide bonds. The van der Waals surface area contributed by atoms with Crippen LogP contribution in [0.25, 0.3) is 0 Å². The van der Waals surface area contributed by atoms with Gasteiger partial charge in [-0.2, -0.15) is 0 Å². The molecule has 0 N–H and O–H groups in total. The van der Waals surface area contributed by atoms with E-state index < -0.39 is 0 Å². The summed E-state index contributed by atoms with van der Waals surface area (Å²) in [5, 5.41) is 0. The van der Waals surface area contributed by atoms with Crippen molar-refractivity contribution in [1.82, 2.24) is 9.80 Å². The van der Waals surface area contributed by atoms with Crippen molar-refractivity contribution in [2.75, 3.05) is 19.6 Å². The number of hydrogen-bond donors (Lipinski definition) is 0. The average Bonchev–Trinajstić information content (AvgIpc) is 3.24. The fourth-order valence-electron chi connectivity index (χ4n) is 6.57. The number of fused-ring (bicyclic) bond motifs is 1. The van der Waals surface area contributed by atoms with Crippen LogP contribution in [0.2, 0.25) is 0 Å². The van der Waals surface area contributed by atoms with Gasteiger partial charge in [0.2, 0.25) is 11.8 Å². The van der Waals surface area contributed by atoms with Crippen molar-refractivity contribution in [3.63, 3.8) is 0 Å². The van der Waals surface area contributed by atoms with E-state index in [9.17, 15) is 18.8 Å². The Morgan fingerprint density at radius 3 is 2.40 bits per heavy atom. The molecule has 2 aliphatic carbocycles. The molecule has 1 heterocycles. The van der Waals surface area contributed by atoms with Crippen molar-refractivity contribution in [2.45, 2.75) is 96.9 Å². The number of hydrogen-bond acceptors (Lipinski definition) is 4. The zero-order valence-corrected chi connectivity index (χ0v) is 22.0. The number of piperidine rings is 1. The second-order valence-corrected chi connectivity index (χ2v) is 10.7. The fraction of sp³-hybridized carbons (Fsp3) is 0.679. The number of nitrogens with zero attached hydrogens (tertiary/aromatic N) is 2. The molecule has 1 aromatic carbocycles. The lowest BCUT2D eigenvalue weighted by Gasteiger charge is -2.38. The van der Waals surface area contributed by atoms with Gasteiger partial charge < -0.3 is 17.3 Å². The molecule has 0 bridgehead atoms. The highest BCUT2D eigenvalue weighted by Gasteiger charge is 2.44. The summed E-state index contributed by atoms with van der Waals surface area (Å²) in [5.74, 6) is -0.164. The first-order chi connectivity index (χ1) is 16.3. The van der Waals surface area contributed by atoms with Crippen molar-refractivity contribution < 1.29 is 31.2 Å². The maximum atomic E-state index is 14.4. The second-order valence-electron chi connectivity index (χ2n) is 10.7. The van der Waals surface area contributed by atoms with Crippen LogP contribution in [-0.2, 0) is 22.4 Å². The Bertz CT molecular complexity index is 924. The van der Waals surface area contributed by atoms with Gasteiger partial charge in [-0.25, -0.2) is 4.39 Å². The quantitative estimate of drug-likeness (QED) is 0.293. The van der Waals surface area contributed by atoms with Gasteiger partial charge in [0, 0.05) is 31.0 Å². The van der Waals surface area contributed by atoms with Crippen LogP contribution < -0.4 is 12.4 Å². The summed E-state index contributed by atoms with van der Waals surface area (Å²) in [6, 6.07) is 3.34. The third-order valence-corrected chi connectivity index (χ3v) is 8.34. The third-order valence-electron chi connectivity index (χ3n) is 8.34. The van der Waals surface area contributed by atoms with Gasteiger partial charge in [-0.05, 0) is 100 Å². The topological polar surface area (TPSA) is 57.7 Å². The highest BCUT2D eigenvalue weighted by atomic mass is 35.5. The van der Waals surface area contributed by atoms with Gasteiger partial charge in [-0.3, -0.25) is 19.3 Å². The Morgan fingerprint density at radius 1 is 1.09 bits per heavy atom. The molecule has 4 rings (SSSR count). The number of benzene rings is 1. The minimum absolute atomic E-state index is 0. The van der Waals surface area contributed by atoms with Gasteiger partial charge in [-0.15, -0.1) is 0 Å². The number of halogens is 2. The summed E-state index contributed by atoms with van der Waals surface area (Å²) in [4.78, 5) is 41.5. The van der Waals surface area contributed by atoms with E-state index in [4.69, 9.17) is 0 Å². The summed E-state index contributed by atoms with van der Waals surface area (Å²) in [6.07, 6.45) is 10.4. The molecule has 1 aromatic rings. The highest BCUT2D eigenvalue weighted by molar-refractivity contribution is 5.98. The highest BCUT2D eigenvalue weighted by Crippen LogP contribution is 2.46. The van der Waals surface area contributed by atoms with E-state index in [0.29, 0.717) is 43.4 Å². The number of Topliss-reactive ketones (excluding diaryl/α,β-unsaturated/α-hetero) is 1. The largest absolute Gasteiger partial charge is 1.00 e. The Balaban J connectivity index is 0.00000342. The normalized spacial score (nSPS) is 21.4. The van der Waals surface area contributed by atoms with E-state index in [1.165, 1.54) is 11.0 Å². The first-order valence-corrected chi connectivity index (χ1v) is 13.2. The Hall–Kier alpha value is -1.79. The van der Waals surface area contributed by atoms with E-state index in [-0.39, 0.29) is 47.3 Å². The molecule has 0 radical (unpaired) electrons. The second kappa shape index (κ2) is 12.0. The standard InChI is InChI=1S/C28H39FN2O3.ClH/c1-3-14-30(21-8-9-23-24(17-21)22(20(2)32)10-11-25(23)29)15-6-7-16-31-26(33)18-28(19-27(31)34)12-4-5-13-28;/h10-11,21H,3-9,12-19H2,1-2H3;1H/p-1/t21-;/m1./s1. The maximum absolute atomic E-state index is 14.4. The van der Waals surface area contributed by atoms with E-state index >= 15 is 0 Å². The lowest BCUT2D eigenvalue weighted by molar-refractivity contribution is -0.153. The molecule has 1 atom stereocenters. The number of carbonyl (C=O) groups is 3. The molecular formula is C28H39ClFN2O3-. The molecule has 0 unspecified atom stereocenters. The minimum atomic E-state index is -0.198. The summed E-state index contributed by atoms with van der Waals surface area (Å²) in [7, 11) is 0. The van der Waals surface area contributed by atoms with Crippen LogP contribution in [0, 0.1) is 11.2 Å². The molecule has 194 valence electrons. The molecule has 1 spiro atoms. The van der Waals surface area contributed by atoms with Crippen molar-refractivity contribution in [3.8, 4) is 0 Å². The van der Waals surface area contributed by atoms with E-state index in [0.717, 1.165) is 70.0 Å². The third kappa shape index (κ3) is 6.14. The van der Waals surface area contributed by atoms with Gasteiger partial charge in [0.25, 0.3) is 0 Å². The van der Waals surface area contributed by atoms with E-state index in [2.05, 4.69) is 11.8 Å². The van der Waals surface area contributed by atoms with Crippen LogP contribution in [0.3, 0.4) is 0 Å². The summed E-state index contributed by atoms with van der Waals surface area (Å²) in [5.41, 5.74) is 2.20. The van der Waals surface area contributed by atoms with Gasteiger partial charge in [0.1, 0.15) is 5.82 Å².